The molecule has 0 saturated carbocycles. The summed E-state index contributed by atoms with van der Waals surface area (Å²) >= 11 is 0. The lowest BCUT2D eigenvalue weighted by atomic mass is 9.87. The number of imidazole rings is 1. The summed E-state index contributed by atoms with van der Waals surface area (Å²) in [7, 11) is 1.88. The van der Waals surface area contributed by atoms with Crippen LogP contribution in [0.15, 0.2) is 12.4 Å². The van der Waals surface area contributed by atoms with Gasteiger partial charge in [-0.3, -0.25) is 9.48 Å². The Hall–Kier alpha value is -2.11. The van der Waals surface area contributed by atoms with Crippen molar-refractivity contribution < 1.29 is 4.79 Å². The van der Waals surface area contributed by atoms with E-state index in [2.05, 4.69) is 20.4 Å². The minimum absolute atomic E-state index is 0.00305. The number of H-pyrrole nitrogens is 1. The second-order valence-corrected chi connectivity index (χ2v) is 6.70. The summed E-state index contributed by atoms with van der Waals surface area (Å²) in [6.07, 6.45) is 6.21. The molecule has 2 N–H and O–H groups in total. The van der Waals surface area contributed by atoms with Crippen LogP contribution in [-0.4, -0.2) is 25.7 Å². The van der Waals surface area contributed by atoms with Crippen LogP contribution in [0.3, 0.4) is 0 Å². The molecular weight excluding hydrogens is 278 g/mol. The van der Waals surface area contributed by atoms with Crippen molar-refractivity contribution in [2.75, 3.05) is 0 Å². The van der Waals surface area contributed by atoms with Gasteiger partial charge in [-0.05, 0) is 33.6 Å². The van der Waals surface area contributed by atoms with E-state index >= 15 is 0 Å². The number of fused-ring (bicyclic) bond motifs is 1. The number of amides is 1. The average molecular weight is 301 g/mol. The highest BCUT2D eigenvalue weighted by Crippen LogP contribution is 2.26. The van der Waals surface area contributed by atoms with Gasteiger partial charge in [-0.25, -0.2) is 4.98 Å². The van der Waals surface area contributed by atoms with Gasteiger partial charge in [0, 0.05) is 36.8 Å². The lowest BCUT2D eigenvalue weighted by Crippen LogP contribution is -2.45. The monoisotopic (exact) mass is 301 g/mol. The van der Waals surface area contributed by atoms with Crippen LogP contribution in [0.1, 0.15) is 43.0 Å². The van der Waals surface area contributed by atoms with Crippen LogP contribution in [0.25, 0.3) is 0 Å². The molecule has 1 unspecified atom stereocenters. The summed E-state index contributed by atoms with van der Waals surface area (Å²) in [6, 6.07) is 0. The highest BCUT2D eigenvalue weighted by Gasteiger charge is 2.31. The number of carbonyl (C=O) groups excluding carboxylic acids is 1. The molecular formula is C16H23N5O. The Morgan fingerprint density at radius 2 is 2.27 bits per heavy atom. The van der Waals surface area contributed by atoms with E-state index in [0.29, 0.717) is 0 Å². The number of aromatic nitrogens is 4. The van der Waals surface area contributed by atoms with E-state index in [-0.39, 0.29) is 11.8 Å². The van der Waals surface area contributed by atoms with Crippen LogP contribution in [0.2, 0.25) is 0 Å². The zero-order chi connectivity index (χ0) is 15.9. The molecule has 0 fully saturated rings. The second-order valence-electron chi connectivity index (χ2n) is 6.70. The maximum absolute atomic E-state index is 12.6. The fourth-order valence-corrected chi connectivity index (χ4v) is 3.07. The summed E-state index contributed by atoms with van der Waals surface area (Å²) in [5.41, 5.74) is 2.82. The Morgan fingerprint density at radius 3 is 2.95 bits per heavy atom. The molecule has 6 nitrogen and oxygen atoms in total. The zero-order valence-corrected chi connectivity index (χ0v) is 13.6. The molecule has 0 spiro atoms. The average Bonchev–Trinajstić information content (AvgIpc) is 3.02. The van der Waals surface area contributed by atoms with Crippen LogP contribution in [0.5, 0.6) is 0 Å². The van der Waals surface area contributed by atoms with Crippen molar-refractivity contribution in [1.82, 2.24) is 25.1 Å². The smallest absolute Gasteiger partial charge is 0.224 e. The number of aryl methyl sites for hydroxylation is 3. The topological polar surface area (TPSA) is 75.6 Å². The molecule has 3 rings (SSSR count). The Labute approximate surface area is 130 Å². The van der Waals surface area contributed by atoms with Gasteiger partial charge in [-0.1, -0.05) is 0 Å². The molecule has 22 heavy (non-hydrogen) atoms. The lowest BCUT2D eigenvalue weighted by molar-refractivity contribution is -0.127. The normalized spacial score (nSPS) is 18.1. The molecule has 0 radical (unpaired) electrons. The fraction of sp³-hybridized carbons (Fsp3) is 0.562. The highest BCUT2D eigenvalue weighted by atomic mass is 16.2. The largest absolute Gasteiger partial charge is 0.347 e. The number of carbonyl (C=O) groups is 1. The molecule has 0 aromatic carbocycles. The standard InChI is InChI=1S/C16H23N5O/c1-10-18-13-6-5-11(7-14(13)19-10)15(22)20-16(2,3)12-8-17-21(4)9-12/h8-9,11H,5-7H2,1-4H3,(H,18,19)(H,20,22). The van der Waals surface area contributed by atoms with Crippen molar-refractivity contribution in [2.45, 2.75) is 45.6 Å². The van der Waals surface area contributed by atoms with Gasteiger partial charge in [-0.2, -0.15) is 5.10 Å². The van der Waals surface area contributed by atoms with Crippen molar-refractivity contribution in [3.63, 3.8) is 0 Å². The molecule has 118 valence electrons. The Bertz CT molecular complexity index is 697. The van der Waals surface area contributed by atoms with Gasteiger partial charge in [0.15, 0.2) is 0 Å². The van der Waals surface area contributed by atoms with Gasteiger partial charge in [0.25, 0.3) is 0 Å². The third kappa shape index (κ3) is 2.77. The van der Waals surface area contributed by atoms with Gasteiger partial charge < -0.3 is 10.3 Å². The Morgan fingerprint density at radius 1 is 1.50 bits per heavy atom. The molecule has 0 bridgehead atoms. The van der Waals surface area contributed by atoms with Crippen molar-refractivity contribution >= 4 is 5.91 Å². The number of rotatable bonds is 3. The summed E-state index contributed by atoms with van der Waals surface area (Å²) < 4.78 is 1.75. The molecule has 2 heterocycles. The summed E-state index contributed by atoms with van der Waals surface area (Å²) in [5.74, 6) is 1.04. The van der Waals surface area contributed by atoms with E-state index in [1.165, 1.54) is 0 Å². The molecule has 0 aliphatic heterocycles. The van der Waals surface area contributed by atoms with Crippen LogP contribution in [0.4, 0.5) is 0 Å². The number of hydrogen-bond acceptors (Lipinski definition) is 3. The number of aromatic amines is 1. The van der Waals surface area contributed by atoms with E-state index in [1.807, 2.05) is 34.0 Å². The van der Waals surface area contributed by atoms with Crippen LogP contribution < -0.4 is 5.32 Å². The van der Waals surface area contributed by atoms with Crippen molar-refractivity contribution in [3.8, 4) is 0 Å². The van der Waals surface area contributed by atoms with E-state index < -0.39 is 5.54 Å². The quantitative estimate of drug-likeness (QED) is 0.904. The first kappa shape index (κ1) is 14.8. The summed E-state index contributed by atoms with van der Waals surface area (Å²) in [4.78, 5) is 20.4. The maximum atomic E-state index is 12.6. The van der Waals surface area contributed by atoms with Crippen LogP contribution >= 0.6 is 0 Å². The molecule has 2 aromatic rings. The van der Waals surface area contributed by atoms with Crippen molar-refractivity contribution in [2.24, 2.45) is 13.0 Å². The maximum Gasteiger partial charge on any atom is 0.224 e. The molecule has 2 aromatic heterocycles. The fourth-order valence-electron chi connectivity index (χ4n) is 3.07. The first-order chi connectivity index (χ1) is 10.3. The van der Waals surface area contributed by atoms with E-state index in [1.54, 1.807) is 10.9 Å². The van der Waals surface area contributed by atoms with E-state index in [4.69, 9.17) is 0 Å². The Balaban J connectivity index is 1.70. The number of hydrogen-bond donors (Lipinski definition) is 2. The lowest BCUT2D eigenvalue weighted by Gasteiger charge is -2.29. The van der Waals surface area contributed by atoms with Gasteiger partial charge in [0.05, 0.1) is 17.4 Å². The molecule has 1 atom stereocenters. The van der Waals surface area contributed by atoms with Gasteiger partial charge in [0.2, 0.25) is 5.91 Å². The molecule has 1 aliphatic carbocycles. The van der Waals surface area contributed by atoms with Crippen LogP contribution in [-0.2, 0) is 30.2 Å². The molecule has 0 saturated heterocycles. The van der Waals surface area contributed by atoms with Gasteiger partial charge >= 0.3 is 0 Å². The molecule has 1 amide bonds. The number of nitrogens with one attached hydrogen (secondary N) is 2. The highest BCUT2D eigenvalue weighted by molar-refractivity contribution is 5.80. The van der Waals surface area contributed by atoms with Crippen molar-refractivity contribution in [3.05, 3.63) is 35.2 Å². The van der Waals surface area contributed by atoms with Gasteiger partial charge in [0.1, 0.15) is 5.82 Å². The minimum atomic E-state index is -0.421. The minimum Gasteiger partial charge on any atom is -0.347 e. The summed E-state index contributed by atoms with van der Waals surface area (Å²) in [5, 5.41) is 7.35. The number of nitrogens with zero attached hydrogens (tertiary/aromatic N) is 3. The van der Waals surface area contributed by atoms with Gasteiger partial charge in [-0.15, -0.1) is 0 Å². The molecule has 6 heteroatoms. The first-order valence-electron chi connectivity index (χ1n) is 7.70. The SMILES string of the molecule is Cc1nc2c([nH]1)CC(C(=O)NC(C)(C)c1cnn(C)c1)CC2. The second kappa shape index (κ2) is 5.26. The summed E-state index contributed by atoms with van der Waals surface area (Å²) in [6.45, 7) is 5.98. The Kier molecular flexibility index (Phi) is 3.54. The van der Waals surface area contributed by atoms with Crippen molar-refractivity contribution in [1.29, 1.82) is 0 Å². The van der Waals surface area contributed by atoms with E-state index in [0.717, 1.165) is 42.0 Å². The van der Waals surface area contributed by atoms with E-state index in [9.17, 15) is 4.79 Å². The third-order valence-corrected chi connectivity index (χ3v) is 4.40. The predicted molar refractivity (Wildman–Crippen MR) is 83.2 cm³/mol. The van der Waals surface area contributed by atoms with Crippen LogP contribution in [0, 0.1) is 12.8 Å². The predicted octanol–water partition coefficient (Wildman–Crippen LogP) is 1.61. The third-order valence-electron chi connectivity index (χ3n) is 4.40. The molecule has 1 aliphatic rings. The zero-order valence-electron chi connectivity index (χ0n) is 13.6. The first-order valence-corrected chi connectivity index (χ1v) is 7.70.